The van der Waals surface area contributed by atoms with E-state index in [1.807, 2.05) is 6.08 Å². The topological polar surface area (TPSA) is 66.5 Å². The van der Waals surface area contributed by atoms with Crippen LogP contribution in [0.25, 0.3) is 6.08 Å². The normalized spacial score (nSPS) is 21.0. The van der Waals surface area contributed by atoms with Gasteiger partial charge in [-0.2, -0.15) is 0 Å². The zero-order valence-corrected chi connectivity index (χ0v) is 14.9. The molecule has 1 aromatic rings. The Hall–Kier alpha value is -2.41. The third-order valence-electron chi connectivity index (χ3n) is 4.28. The van der Waals surface area contributed by atoms with E-state index in [1.54, 1.807) is 18.2 Å². The molecule has 1 unspecified atom stereocenters. The number of hydrogen-bond donors (Lipinski definition) is 1. The molecular formula is C19H19FN2O3S. The van der Waals surface area contributed by atoms with Crippen LogP contribution < -0.4 is 5.32 Å². The first-order valence-electron chi connectivity index (χ1n) is 8.48. The quantitative estimate of drug-likeness (QED) is 0.613. The summed E-state index contributed by atoms with van der Waals surface area (Å²) < 4.78 is 13.7. The minimum absolute atomic E-state index is 0.0876. The molecule has 1 aromatic carbocycles. The summed E-state index contributed by atoms with van der Waals surface area (Å²) >= 11 is 0.780. The fourth-order valence-corrected chi connectivity index (χ4v) is 3.76. The summed E-state index contributed by atoms with van der Waals surface area (Å²) in [7, 11) is 0. The summed E-state index contributed by atoms with van der Waals surface area (Å²) in [5.74, 6) is -0.727. The molecule has 1 fully saturated rings. The summed E-state index contributed by atoms with van der Waals surface area (Å²) in [5, 5.41) is 2.33. The van der Waals surface area contributed by atoms with Gasteiger partial charge in [0, 0.05) is 25.1 Å². The predicted molar refractivity (Wildman–Crippen MR) is 98.6 cm³/mol. The van der Waals surface area contributed by atoms with Gasteiger partial charge < -0.3 is 5.32 Å². The number of nitrogens with one attached hydrogen (secondary N) is 1. The van der Waals surface area contributed by atoms with Crippen molar-refractivity contribution in [2.45, 2.75) is 19.3 Å². The summed E-state index contributed by atoms with van der Waals surface area (Å²) in [6, 6.07) is 6.06. The SMILES string of the molecule is O=C(CC1C=CCC1)NCCN1C(=O)S/C(=C\c2ccccc2F)C1=O. The molecule has 0 radical (unpaired) electrons. The molecule has 136 valence electrons. The highest BCUT2D eigenvalue weighted by molar-refractivity contribution is 8.18. The predicted octanol–water partition coefficient (Wildman–Crippen LogP) is 3.33. The van der Waals surface area contributed by atoms with Crippen molar-refractivity contribution >= 4 is 34.9 Å². The number of imide groups is 1. The van der Waals surface area contributed by atoms with Crippen LogP contribution in [0.1, 0.15) is 24.8 Å². The van der Waals surface area contributed by atoms with Gasteiger partial charge in [0.15, 0.2) is 0 Å². The van der Waals surface area contributed by atoms with Crippen LogP contribution in [-0.4, -0.2) is 35.0 Å². The molecule has 0 spiro atoms. The minimum Gasteiger partial charge on any atom is -0.354 e. The van der Waals surface area contributed by atoms with Gasteiger partial charge in [-0.15, -0.1) is 0 Å². The average molecular weight is 374 g/mol. The molecule has 1 saturated heterocycles. The van der Waals surface area contributed by atoms with Gasteiger partial charge in [-0.1, -0.05) is 30.4 Å². The van der Waals surface area contributed by atoms with E-state index in [1.165, 1.54) is 12.1 Å². The van der Waals surface area contributed by atoms with Crippen molar-refractivity contribution in [1.82, 2.24) is 10.2 Å². The molecule has 1 aliphatic heterocycles. The number of carbonyl (C=O) groups is 3. The summed E-state index contributed by atoms with van der Waals surface area (Å²) in [4.78, 5) is 37.5. The number of rotatable bonds is 6. The Labute approximate surface area is 155 Å². The maximum atomic E-state index is 13.7. The van der Waals surface area contributed by atoms with E-state index in [9.17, 15) is 18.8 Å². The van der Waals surface area contributed by atoms with E-state index in [2.05, 4.69) is 11.4 Å². The molecular weight excluding hydrogens is 355 g/mol. The Morgan fingerprint density at radius 2 is 2.15 bits per heavy atom. The lowest BCUT2D eigenvalue weighted by Gasteiger charge is -2.13. The lowest BCUT2D eigenvalue weighted by Crippen LogP contribution is -2.37. The smallest absolute Gasteiger partial charge is 0.293 e. The number of nitrogens with zero attached hydrogens (tertiary/aromatic N) is 1. The van der Waals surface area contributed by atoms with Gasteiger partial charge in [0.05, 0.1) is 4.91 Å². The first kappa shape index (κ1) is 18.4. The number of carbonyl (C=O) groups excluding carboxylic acids is 3. The Kier molecular flexibility index (Phi) is 5.88. The monoisotopic (exact) mass is 374 g/mol. The van der Waals surface area contributed by atoms with Gasteiger partial charge in [-0.3, -0.25) is 19.3 Å². The maximum absolute atomic E-state index is 13.7. The molecule has 7 heteroatoms. The van der Waals surface area contributed by atoms with Gasteiger partial charge in [0.2, 0.25) is 5.91 Å². The van der Waals surface area contributed by atoms with Crippen LogP contribution in [0.3, 0.4) is 0 Å². The van der Waals surface area contributed by atoms with Gasteiger partial charge in [-0.25, -0.2) is 4.39 Å². The first-order valence-corrected chi connectivity index (χ1v) is 9.29. The van der Waals surface area contributed by atoms with Gasteiger partial charge >= 0.3 is 0 Å². The highest BCUT2D eigenvalue weighted by atomic mass is 32.2. The Bertz CT molecular complexity index is 791. The van der Waals surface area contributed by atoms with Crippen LogP contribution >= 0.6 is 11.8 Å². The molecule has 5 nitrogen and oxygen atoms in total. The Morgan fingerprint density at radius 3 is 2.88 bits per heavy atom. The zero-order chi connectivity index (χ0) is 18.5. The third kappa shape index (κ3) is 4.40. The van der Waals surface area contributed by atoms with Crippen molar-refractivity contribution in [2.75, 3.05) is 13.1 Å². The van der Waals surface area contributed by atoms with Gasteiger partial charge in [-0.05, 0) is 42.7 Å². The van der Waals surface area contributed by atoms with E-state index in [4.69, 9.17) is 0 Å². The van der Waals surface area contributed by atoms with Crippen molar-refractivity contribution in [2.24, 2.45) is 5.92 Å². The number of hydrogen-bond acceptors (Lipinski definition) is 4. The zero-order valence-electron chi connectivity index (χ0n) is 14.1. The van der Waals surface area contributed by atoms with Crippen LogP contribution in [-0.2, 0) is 9.59 Å². The summed E-state index contributed by atoms with van der Waals surface area (Å²) in [6.45, 7) is 0.311. The van der Waals surface area contributed by atoms with Crippen molar-refractivity contribution < 1.29 is 18.8 Å². The van der Waals surface area contributed by atoms with Crippen LogP contribution in [0.5, 0.6) is 0 Å². The Morgan fingerprint density at radius 1 is 1.35 bits per heavy atom. The highest BCUT2D eigenvalue weighted by Gasteiger charge is 2.34. The van der Waals surface area contributed by atoms with E-state index < -0.39 is 17.0 Å². The van der Waals surface area contributed by atoms with Crippen LogP contribution in [0.2, 0.25) is 0 Å². The van der Waals surface area contributed by atoms with Crippen molar-refractivity contribution in [3.8, 4) is 0 Å². The molecule has 0 bridgehead atoms. The first-order chi connectivity index (χ1) is 12.5. The third-order valence-corrected chi connectivity index (χ3v) is 5.19. The molecule has 0 aromatic heterocycles. The lowest BCUT2D eigenvalue weighted by atomic mass is 10.1. The van der Waals surface area contributed by atoms with Gasteiger partial charge in [0.25, 0.3) is 11.1 Å². The fourth-order valence-electron chi connectivity index (χ4n) is 2.91. The largest absolute Gasteiger partial charge is 0.354 e. The average Bonchev–Trinajstić information content (AvgIpc) is 3.20. The van der Waals surface area contributed by atoms with E-state index in [-0.39, 0.29) is 35.4 Å². The second-order valence-electron chi connectivity index (χ2n) is 6.17. The molecule has 26 heavy (non-hydrogen) atoms. The molecule has 0 saturated carbocycles. The van der Waals surface area contributed by atoms with E-state index >= 15 is 0 Å². The van der Waals surface area contributed by atoms with Crippen molar-refractivity contribution in [3.63, 3.8) is 0 Å². The molecule has 2 aliphatic rings. The maximum Gasteiger partial charge on any atom is 0.293 e. The molecule has 3 amide bonds. The minimum atomic E-state index is -0.462. The van der Waals surface area contributed by atoms with Crippen molar-refractivity contribution in [1.29, 1.82) is 0 Å². The fraction of sp³-hybridized carbons (Fsp3) is 0.316. The Balaban J connectivity index is 1.53. The number of benzene rings is 1. The number of allylic oxidation sites excluding steroid dienone is 2. The molecule has 1 atom stereocenters. The van der Waals surface area contributed by atoms with Crippen LogP contribution in [0.15, 0.2) is 41.3 Å². The summed E-state index contributed by atoms with van der Waals surface area (Å²) in [6.07, 6.45) is 7.90. The van der Waals surface area contributed by atoms with E-state index in [0.717, 1.165) is 29.5 Å². The second kappa shape index (κ2) is 8.31. The van der Waals surface area contributed by atoms with Crippen LogP contribution in [0, 0.1) is 11.7 Å². The van der Waals surface area contributed by atoms with Crippen molar-refractivity contribution in [3.05, 3.63) is 52.7 Å². The molecule has 1 N–H and O–H groups in total. The number of thioether (sulfide) groups is 1. The highest BCUT2D eigenvalue weighted by Crippen LogP contribution is 2.32. The molecule has 1 aliphatic carbocycles. The number of halogens is 1. The van der Waals surface area contributed by atoms with E-state index in [0.29, 0.717) is 6.42 Å². The molecule has 3 rings (SSSR count). The standard InChI is InChI=1S/C19H19FN2O3S/c20-15-8-4-3-7-14(15)12-16-18(24)22(19(25)26-16)10-9-21-17(23)11-13-5-1-2-6-13/h1,3-5,7-8,12-13H,2,6,9-11H2,(H,21,23)/b16-12-. The molecule has 1 heterocycles. The second-order valence-corrected chi connectivity index (χ2v) is 7.17. The van der Waals surface area contributed by atoms with Crippen LogP contribution in [0.4, 0.5) is 9.18 Å². The summed E-state index contributed by atoms with van der Waals surface area (Å²) in [5.41, 5.74) is 0.260. The lowest BCUT2D eigenvalue weighted by molar-refractivity contribution is -0.124. The van der Waals surface area contributed by atoms with Gasteiger partial charge in [0.1, 0.15) is 5.82 Å². The number of amides is 3.